The fraction of sp³-hybridized carbons (Fsp3) is 0.250. The minimum atomic E-state index is -0.712. The number of benzene rings is 2. The van der Waals surface area contributed by atoms with Crippen molar-refractivity contribution in [2.75, 3.05) is 11.9 Å². The van der Waals surface area contributed by atoms with E-state index in [1.807, 2.05) is 0 Å². The lowest BCUT2D eigenvalue weighted by molar-refractivity contribution is 0.550. The largest absolute Gasteiger partial charge is 0.363 e. The summed E-state index contributed by atoms with van der Waals surface area (Å²) in [6, 6.07) is 8.04. The van der Waals surface area contributed by atoms with Crippen molar-refractivity contribution in [2.24, 2.45) is 0 Å². The Bertz CT molecular complexity index is 622. The molecule has 0 radical (unpaired) electrons. The summed E-state index contributed by atoms with van der Waals surface area (Å²) in [5, 5.41) is 0. The van der Waals surface area contributed by atoms with Crippen LogP contribution in [-0.4, -0.2) is 7.05 Å². The minimum Gasteiger partial charge on any atom is -0.363 e. The van der Waals surface area contributed by atoms with Crippen molar-refractivity contribution in [3.05, 3.63) is 65.0 Å². The Morgan fingerprint density at radius 1 is 1.05 bits per heavy atom. The molecule has 0 aromatic heterocycles. The molecule has 0 aliphatic heterocycles. The Morgan fingerprint density at radius 3 is 2.14 bits per heavy atom. The van der Waals surface area contributed by atoms with Crippen LogP contribution in [0.4, 0.5) is 18.9 Å². The van der Waals surface area contributed by atoms with Crippen LogP contribution in [-0.2, 0) is 5.88 Å². The van der Waals surface area contributed by atoms with E-state index in [9.17, 15) is 13.2 Å². The fourth-order valence-corrected chi connectivity index (χ4v) is 2.40. The van der Waals surface area contributed by atoms with Crippen LogP contribution in [0.15, 0.2) is 36.4 Å². The molecule has 0 aliphatic carbocycles. The second kappa shape index (κ2) is 6.39. The van der Waals surface area contributed by atoms with Gasteiger partial charge in [-0.2, -0.15) is 0 Å². The van der Waals surface area contributed by atoms with E-state index in [4.69, 9.17) is 11.6 Å². The lowest BCUT2D eigenvalue weighted by Gasteiger charge is -2.28. The molecule has 0 aliphatic rings. The first-order chi connectivity index (χ1) is 9.95. The standard InChI is InChI=1S/C16H15ClF3N/c1-10(12-5-3-4-6-13(12)18)21(2)16-14(19)7-11(9-17)8-15(16)20/h3-8,10H,9H2,1-2H3. The van der Waals surface area contributed by atoms with E-state index >= 15 is 0 Å². The van der Waals surface area contributed by atoms with Crippen LogP contribution in [0.2, 0.25) is 0 Å². The quantitative estimate of drug-likeness (QED) is 0.715. The second-order valence-corrected chi connectivity index (χ2v) is 5.12. The summed E-state index contributed by atoms with van der Waals surface area (Å²) in [6.45, 7) is 1.69. The van der Waals surface area contributed by atoms with Gasteiger partial charge in [-0.25, -0.2) is 13.2 Å². The molecule has 0 bridgehead atoms. The van der Waals surface area contributed by atoms with Crippen LogP contribution in [0.25, 0.3) is 0 Å². The van der Waals surface area contributed by atoms with Crippen LogP contribution in [0, 0.1) is 17.5 Å². The summed E-state index contributed by atoms with van der Waals surface area (Å²) in [4.78, 5) is 1.38. The van der Waals surface area contributed by atoms with Crippen LogP contribution in [0.1, 0.15) is 24.1 Å². The number of alkyl halides is 1. The molecule has 112 valence electrons. The van der Waals surface area contributed by atoms with Gasteiger partial charge in [0.1, 0.15) is 23.1 Å². The number of anilines is 1. The molecule has 2 aromatic rings. The molecule has 21 heavy (non-hydrogen) atoms. The average Bonchev–Trinajstić information content (AvgIpc) is 2.46. The summed E-state index contributed by atoms with van der Waals surface area (Å²) in [5.41, 5.74) is 0.544. The number of hydrogen-bond acceptors (Lipinski definition) is 1. The third kappa shape index (κ3) is 3.16. The highest BCUT2D eigenvalue weighted by Crippen LogP contribution is 2.31. The number of hydrogen-bond donors (Lipinski definition) is 0. The van der Waals surface area contributed by atoms with Crippen molar-refractivity contribution in [1.29, 1.82) is 0 Å². The molecule has 0 amide bonds. The zero-order valence-corrected chi connectivity index (χ0v) is 12.5. The van der Waals surface area contributed by atoms with Crippen molar-refractivity contribution in [3.63, 3.8) is 0 Å². The first-order valence-corrected chi connectivity index (χ1v) is 7.00. The maximum Gasteiger partial charge on any atom is 0.149 e. The molecule has 2 rings (SSSR count). The van der Waals surface area contributed by atoms with Crippen LogP contribution >= 0.6 is 11.6 Å². The lowest BCUT2D eigenvalue weighted by Crippen LogP contribution is -2.24. The van der Waals surface area contributed by atoms with Crippen molar-refractivity contribution in [3.8, 4) is 0 Å². The van der Waals surface area contributed by atoms with Crippen molar-refractivity contribution in [1.82, 2.24) is 0 Å². The maximum absolute atomic E-state index is 14.1. The topological polar surface area (TPSA) is 3.24 Å². The van der Waals surface area contributed by atoms with E-state index in [0.717, 1.165) is 0 Å². The van der Waals surface area contributed by atoms with E-state index in [1.165, 1.54) is 30.1 Å². The van der Waals surface area contributed by atoms with Gasteiger partial charge in [0.25, 0.3) is 0 Å². The molecule has 1 nitrogen and oxygen atoms in total. The van der Waals surface area contributed by atoms with Gasteiger partial charge in [0, 0.05) is 18.5 Å². The number of halogens is 4. The second-order valence-electron chi connectivity index (χ2n) is 4.85. The Hall–Kier alpha value is -1.68. The van der Waals surface area contributed by atoms with Gasteiger partial charge < -0.3 is 4.90 Å². The first kappa shape index (κ1) is 15.7. The van der Waals surface area contributed by atoms with E-state index in [-0.39, 0.29) is 11.6 Å². The van der Waals surface area contributed by atoms with E-state index in [2.05, 4.69) is 0 Å². The normalized spacial score (nSPS) is 12.3. The number of rotatable bonds is 4. The Labute approximate surface area is 127 Å². The van der Waals surface area contributed by atoms with E-state index in [0.29, 0.717) is 11.1 Å². The Kier molecular flexibility index (Phi) is 4.78. The zero-order chi connectivity index (χ0) is 15.6. The van der Waals surface area contributed by atoms with Gasteiger partial charge in [-0.05, 0) is 30.7 Å². The van der Waals surface area contributed by atoms with Gasteiger partial charge in [0.15, 0.2) is 0 Å². The van der Waals surface area contributed by atoms with Gasteiger partial charge in [-0.3, -0.25) is 0 Å². The summed E-state index contributed by atoms with van der Waals surface area (Å²) >= 11 is 5.59. The average molecular weight is 314 g/mol. The summed E-state index contributed by atoms with van der Waals surface area (Å²) < 4.78 is 42.0. The maximum atomic E-state index is 14.1. The minimum absolute atomic E-state index is 0.0285. The molecule has 2 aromatic carbocycles. The zero-order valence-electron chi connectivity index (χ0n) is 11.7. The van der Waals surface area contributed by atoms with Gasteiger partial charge >= 0.3 is 0 Å². The van der Waals surface area contributed by atoms with Crippen LogP contribution in [0.5, 0.6) is 0 Å². The highest BCUT2D eigenvalue weighted by atomic mass is 35.5. The molecule has 0 spiro atoms. The van der Waals surface area contributed by atoms with Gasteiger partial charge in [0.2, 0.25) is 0 Å². The molecule has 5 heteroatoms. The van der Waals surface area contributed by atoms with E-state index in [1.54, 1.807) is 25.1 Å². The predicted octanol–water partition coefficient (Wildman–Crippen LogP) is 5.04. The summed E-state index contributed by atoms with van der Waals surface area (Å²) in [6.07, 6.45) is 0. The molecular weight excluding hydrogens is 299 g/mol. The van der Waals surface area contributed by atoms with Crippen molar-refractivity contribution < 1.29 is 13.2 Å². The predicted molar refractivity (Wildman–Crippen MR) is 79.1 cm³/mol. The lowest BCUT2D eigenvalue weighted by atomic mass is 10.1. The van der Waals surface area contributed by atoms with Crippen molar-refractivity contribution in [2.45, 2.75) is 18.8 Å². The molecule has 0 N–H and O–H groups in total. The molecule has 0 heterocycles. The molecule has 0 saturated carbocycles. The highest BCUT2D eigenvalue weighted by Gasteiger charge is 2.22. The van der Waals surface area contributed by atoms with Gasteiger partial charge in [-0.15, -0.1) is 11.6 Å². The van der Waals surface area contributed by atoms with Crippen molar-refractivity contribution >= 4 is 17.3 Å². The third-order valence-electron chi connectivity index (χ3n) is 3.52. The molecule has 1 atom stereocenters. The summed E-state index contributed by atoms with van der Waals surface area (Å²) in [7, 11) is 1.53. The SMILES string of the molecule is CC(c1ccccc1F)N(C)c1c(F)cc(CCl)cc1F. The Morgan fingerprint density at radius 2 is 1.62 bits per heavy atom. The Balaban J connectivity index is 2.40. The smallest absolute Gasteiger partial charge is 0.149 e. The third-order valence-corrected chi connectivity index (χ3v) is 3.83. The molecule has 0 fully saturated rings. The van der Waals surface area contributed by atoms with Crippen LogP contribution in [0.3, 0.4) is 0 Å². The number of nitrogens with zero attached hydrogens (tertiary/aromatic N) is 1. The van der Waals surface area contributed by atoms with Crippen LogP contribution < -0.4 is 4.90 Å². The molecular formula is C16H15ClF3N. The monoisotopic (exact) mass is 313 g/mol. The van der Waals surface area contributed by atoms with Gasteiger partial charge in [-0.1, -0.05) is 18.2 Å². The highest BCUT2D eigenvalue weighted by molar-refractivity contribution is 6.17. The molecule has 0 saturated heterocycles. The first-order valence-electron chi connectivity index (χ1n) is 6.46. The van der Waals surface area contributed by atoms with E-state index < -0.39 is 23.5 Å². The summed E-state index contributed by atoms with van der Waals surface area (Å²) in [5.74, 6) is -1.80. The van der Waals surface area contributed by atoms with Gasteiger partial charge in [0.05, 0.1) is 6.04 Å². The fourth-order valence-electron chi connectivity index (χ4n) is 2.25. The molecule has 1 unspecified atom stereocenters.